The lowest BCUT2D eigenvalue weighted by Crippen LogP contribution is -2.23. The van der Waals surface area contributed by atoms with E-state index in [4.69, 9.17) is 19.3 Å². The molecule has 2 aromatic rings. The number of para-hydroxylation sites is 2. The molecule has 6 nitrogen and oxygen atoms in total. The summed E-state index contributed by atoms with van der Waals surface area (Å²) in [7, 11) is 0. The van der Waals surface area contributed by atoms with Crippen LogP contribution in [0.2, 0.25) is 0 Å². The van der Waals surface area contributed by atoms with Crippen molar-refractivity contribution in [2.24, 2.45) is 0 Å². The summed E-state index contributed by atoms with van der Waals surface area (Å²) in [4.78, 5) is 10.9. The van der Waals surface area contributed by atoms with Crippen molar-refractivity contribution >= 4 is 5.97 Å². The van der Waals surface area contributed by atoms with Crippen LogP contribution in [-0.4, -0.2) is 35.0 Å². The second-order valence-electron chi connectivity index (χ2n) is 6.70. The third-order valence-electron chi connectivity index (χ3n) is 3.28. The van der Waals surface area contributed by atoms with Gasteiger partial charge in [0.25, 0.3) is 0 Å². The van der Waals surface area contributed by atoms with Gasteiger partial charge in [-0.2, -0.15) is 0 Å². The van der Waals surface area contributed by atoms with E-state index in [-0.39, 0.29) is 16.9 Å². The summed E-state index contributed by atoms with van der Waals surface area (Å²) in [6.45, 7) is 6.73. The Kier molecular flexibility index (Phi) is 6.33. The number of hydrogen-bond donors (Lipinski definition) is 2. The number of rotatable bonds is 8. The number of hydrogen-bond acceptors (Lipinski definition) is 5. The van der Waals surface area contributed by atoms with Gasteiger partial charge in [-0.3, -0.25) is 0 Å². The molecule has 0 aromatic heterocycles. The average molecular weight is 360 g/mol. The van der Waals surface area contributed by atoms with Crippen LogP contribution in [0.3, 0.4) is 0 Å². The van der Waals surface area contributed by atoms with Gasteiger partial charge in [0.2, 0.25) is 0 Å². The van der Waals surface area contributed by atoms with E-state index >= 15 is 0 Å². The monoisotopic (exact) mass is 360 g/mol. The first-order valence-electron chi connectivity index (χ1n) is 8.36. The van der Waals surface area contributed by atoms with Gasteiger partial charge in [-0.25, -0.2) is 4.79 Å². The smallest absolute Gasteiger partial charge is 0.339 e. The molecule has 0 spiro atoms. The molecule has 0 heterocycles. The van der Waals surface area contributed by atoms with E-state index in [1.54, 1.807) is 0 Å². The minimum Gasteiger partial charge on any atom is -0.507 e. The molecule has 0 saturated carbocycles. The quantitative estimate of drug-likeness (QED) is 0.689. The Morgan fingerprint density at radius 3 is 2.27 bits per heavy atom. The van der Waals surface area contributed by atoms with Gasteiger partial charge >= 0.3 is 5.97 Å². The van der Waals surface area contributed by atoms with E-state index in [0.29, 0.717) is 36.9 Å². The molecular weight excluding hydrogens is 336 g/mol. The maximum absolute atomic E-state index is 10.9. The Labute approximate surface area is 152 Å². The molecule has 0 fully saturated rings. The first kappa shape index (κ1) is 19.4. The zero-order chi connectivity index (χ0) is 19.2. The molecule has 2 aromatic carbocycles. The van der Waals surface area contributed by atoms with Gasteiger partial charge in [0.1, 0.15) is 22.7 Å². The number of carboxylic acid groups (broad SMARTS) is 1. The Bertz CT molecular complexity index is 748. The first-order valence-corrected chi connectivity index (χ1v) is 8.36. The predicted molar refractivity (Wildman–Crippen MR) is 97.5 cm³/mol. The van der Waals surface area contributed by atoms with Crippen molar-refractivity contribution in [3.8, 4) is 23.0 Å². The number of carbonyl (C=O) groups is 1. The standard InChI is InChI=1S/C20H24O6/c1-20(2,3)26-18-8-5-4-7-17(18)25-12-6-11-24-14-9-10-15(19(22)23)16(21)13-14/h4-5,7-10,13,21H,6,11-12H2,1-3H3,(H,22,23). The molecule has 2 N–H and O–H groups in total. The first-order chi connectivity index (χ1) is 12.3. The van der Waals surface area contributed by atoms with Crippen LogP contribution in [0.1, 0.15) is 37.6 Å². The zero-order valence-corrected chi connectivity index (χ0v) is 15.2. The van der Waals surface area contributed by atoms with E-state index in [1.807, 2.05) is 45.0 Å². The molecular formula is C20H24O6. The number of carboxylic acids is 1. The number of aromatic hydroxyl groups is 1. The summed E-state index contributed by atoms with van der Waals surface area (Å²) in [5.41, 5.74) is -0.469. The van der Waals surface area contributed by atoms with Gasteiger partial charge in [-0.15, -0.1) is 0 Å². The summed E-state index contributed by atoms with van der Waals surface area (Å²) in [6, 6.07) is 11.6. The van der Waals surface area contributed by atoms with Crippen molar-refractivity contribution in [1.82, 2.24) is 0 Å². The number of phenols is 1. The highest BCUT2D eigenvalue weighted by atomic mass is 16.5. The maximum Gasteiger partial charge on any atom is 0.339 e. The van der Waals surface area contributed by atoms with Crippen molar-refractivity contribution in [3.05, 3.63) is 48.0 Å². The summed E-state index contributed by atoms with van der Waals surface area (Å²) in [5, 5.41) is 18.5. The molecule has 0 aliphatic carbocycles. The van der Waals surface area contributed by atoms with Crippen LogP contribution in [0.4, 0.5) is 0 Å². The lowest BCUT2D eigenvalue weighted by molar-refractivity contribution is 0.0693. The van der Waals surface area contributed by atoms with Gasteiger partial charge in [-0.1, -0.05) is 12.1 Å². The molecule has 0 saturated heterocycles. The minimum atomic E-state index is -1.18. The van der Waals surface area contributed by atoms with Crippen molar-refractivity contribution in [2.75, 3.05) is 13.2 Å². The summed E-state index contributed by atoms with van der Waals surface area (Å²) in [5.74, 6) is 0.267. The van der Waals surface area contributed by atoms with Gasteiger partial charge in [0, 0.05) is 12.5 Å². The van der Waals surface area contributed by atoms with Crippen LogP contribution < -0.4 is 14.2 Å². The lowest BCUT2D eigenvalue weighted by atomic mass is 10.2. The predicted octanol–water partition coefficient (Wildman–Crippen LogP) is 4.12. The average Bonchev–Trinajstić information content (AvgIpc) is 2.54. The van der Waals surface area contributed by atoms with E-state index in [1.165, 1.54) is 18.2 Å². The fourth-order valence-electron chi connectivity index (χ4n) is 2.20. The second-order valence-corrected chi connectivity index (χ2v) is 6.70. The van der Waals surface area contributed by atoms with Crippen molar-refractivity contribution in [2.45, 2.75) is 32.8 Å². The molecule has 0 amide bonds. The minimum absolute atomic E-state index is 0.156. The van der Waals surface area contributed by atoms with Crippen LogP contribution >= 0.6 is 0 Å². The largest absolute Gasteiger partial charge is 0.507 e. The van der Waals surface area contributed by atoms with E-state index in [9.17, 15) is 9.90 Å². The van der Waals surface area contributed by atoms with E-state index in [2.05, 4.69) is 0 Å². The fraction of sp³-hybridized carbons (Fsp3) is 0.350. The molecule has 26 heavy (non-hydrogen) atoms. The molecule has 0 radical (unpaired) electrons. The number of benzene rings is 2. The highest BCUT2D eigenvalue weighted by Crippen LogP contribution is 2.30. The highest BCUT2D eigenvalue weighted by Gasteiger charge is 2.15. The third kappa shape index (κ3) is 5.88. The molecule has 0 aliphatic rings. The molecule has 0 aliphatic heterocycles. The molecule has 140 valence electrons. The van der Waals surface area contributed by atoms with Crippen LogP contribution in [0.15, 0.2) is 42.5 Å². The fourth-order valence-corrected chi connectivity index (χ4v) is 2.20. The van der Waals surface area contributed by atoms with Gasteiger partial charge in [-0.05, 0) is 45.0 Å². The van der Waals surface area contributed by atoms with E-state index in [0.717, 1.165) is 0 Å². The molecule has 0 unspecified atom stereocenters. The van der Waals surface area contributed by atoms with Gasteiger partial charge in [0.15, 0.2) is 11.5 Å². The third-order valence-corrected chi connectivity index (χ3v) is 3.28. The Morgan fingerprint density at radius 1 is 1.00 bits per heavy atom. The van der Waals surface area contributed by atoms with Crippen LogP contribution in [0.25, 0.3) is 0 Å². The molecule has 6 heteroatoms. The highest BCUT2D eigenvalue weighted by molar-refractivity contribution is 5.90. The Hall–Kier alpha value is -2.89. The second kappa shape index (κ2) is 8.47. The Morgan fingerprint density at radius 2 is 1.65 bits per heavy atom. The van der Waals surface area contributed by atoms with E-state index < -0.39 is 5.97 Å². The van der Waals surface area contributed by atoms with Crippen LogP contribution in [0, 0.1) is 0 Å². The summed E-state index contributed by atoms with van der Waals surface area (Å²) in [6.07, 6.45) is 0.616. The van der Waals surface area contributed by atoms with Crippen molar-refractivity contribution in [3.63, 3.8) is 0 Å². The topological polar surface area (TPSA) is 85.2 Å². The SMILES string of the molecule is CC(C)(C)Oc1ccccc1OCCCOc1ccc(C(=O)O)c(O)c1. The molecule has 0 atom stereocenters. The molecule has 0 bridgehead atoms. The number of aromatic carboxylic acids is 1. The summed E-state index contributed by atoms with van der Waals surface area (Å²) < 4.78 is 17.1. The molecule has 2 rings (SSSR count). The van der Waals surface area contributed by atoms with Gasteiger partial charge in [0.05, 0.1) is 13.2 Å². The normalized spacial score (nSPS) is 11.0. The van der Waals surface area contributed by atoms with Crippen LogP contribution in [0.5, 0.6) is 23.0 Å². The zero-order valence-electron chi connectivity index (χ0n) is 15.2. The Balaban J connectivity index is 1.81. The van der Waals surface area contributed by atoms with Gasteiger partial charge < -0.3 is 24.4 Å². The van der Waals surface area contributed by atoms with Crippen molar-refractivity contribution < 1.29 is 29.2 Å². The number of ether oxygens (including phenoxy) is 3. The summed E-state index contributed by atoms with van der Waals surface area (Å²) >= 11 is 0. The maximum atomic E-state index is 10.9. The lowest BCUT2D eigenvalue weighted by Gasteiger charge is -2.23. The van der Waals surface area contributed by atoms with Crippen LogP contribution in [-0.2, 0) is 0 Å². The van der Waals surface area contributed by atoms with Crippen molar-refractivity contribution in [1.29, 1.82) is 0 Å².